The molecule has 4 heteroatoms. The van der Waals surface area contributed by atoms with Crippen LogP contribution < -0.4 is 10.6 Å². The Bertz CT molecular complexity index is 401. The van der Waals surface area contributed by atoms with Crippen molar-refractivity contribution in [3.05, 3.63) is 34.9 Å². The van der Waals surface area contributed by atoms with Gasteiger partial charge in [0.25, 0.3) is 0 Å². The highest BCUT2D eigenvalue weighted by Gasteiger charge is 2.29. The Labute approximate surface area is 113 Å². The van der Waals surface area contributed by atoms with Crippen molar-refractivity contribution in [1.29, 1.82) is 0 Å². The minimum atomic E-state index is 0.0457. The molecule has 3 nitrogen and oxygen atoms in total. The Kier molecular flexibility index (Phi) is 4.61. The second kappa shape index (κ2) is 6.21. The van der Waals surface area contributed by atoms with E-state index in [4.69, 9.17) is 11.6 Å². The van der Waals surface area contributed by atoms with Crippen molar-refractivity contribution >= 4 is 17.5 Å². The molecule has 1 fully saturated rings. The van der Waals surface area contributed by atoms with Gasteiger partial charge >= 0.3 is 0 Å². The van der Waals surface area contributed by atoms with Crippen LogP contribution in [-0.2, 0) is 4.79 Å². The van der Waals surface area contributed by atoms with Crippen molar-refractivity contribution in [1.82, 2.24) is 10.6 Å². The second-order valence-electron chi connectivity index (χ2n) is 4.82. The normalized spacial score (nSPS) is 17.0. The molecule has 0 spiro atoms. The molecule has 1 aliphatic rings. The Morgan fingerprint density at radius 3 is 2.56 bits per heavy atom. The molecule has 1 amide bonds. The predicted molar refractivity (Wildman–Crippen MR) is 73.6 cm³/mol. The summed E-state index contributed by atoms with van der Waals surface area (Å²) in [6, 6.07) is 7.90. The highest BCUT2D eigenvalue weighted by Crippen LogP contribution is 2.37. The topological polar surface area (TPSA) is 41.1 Å². The van der Waals surface area contributed by atoms with Gasteiger partial charge < -0.3 is 10.6 Å². The molecule has 0 radical (unpaired) electrons. The standard InChI is InChI=1S/C14H19ClN2O/c1-16-9-13(18)17-14(10-3-2-4-10)11-5-7-12(15)8-6-11/h5-8,10,14,16H,2-4,9H2,1H3,(H,17,18). The summed E-state index contributed by atoms with van der Waals surface area (Å²) in [5.74, 6) is 0.608. The molecule has 1 aliphatic carbocycles. The van der Waals surface area contributed by atoms with Crippen LogP contribution in [0.1, 0.15) is 30.9 Å². The van der Waals surface area contributed by atoms with Crippen LogP contribution in [0, 0.1) is 5.92 Å². The van der Waals surface area contributed by atoms with Crippen LogP contribution in [-0.4, -0.2) is 19.5 Å². The first-order valence-electron chi connectivity index (χ1n) is 6.40. The number of rotatable bonds is 5. The van der Waals surface area contributed by atoms with Crippen LogP contribution in [0.25, 0.3) is 0 Å². The maximum Gasteiger partial charge on any atom is 0.234 e. The van der Waals surface area contributed by atoms with E-state index >= 15 is 0 Å². The van der Waals surface area contributed by atoms with E-state index in [0.717, 1.165) is 10.6 Å². The van der Waals surface area contributed by atoms with E-state index < -0.39 is 0 Å². The van der Waals surface area contributed by atoms with Gasteiger partial charge in [-0.05, 0) is 43.5 Å². The van der Waals surface area contributed by atoms with Gasteiger partial charge in [0.05, 0.1) is 12.6 Å². The summed E-state index contributed by atoms with van der Waals surface area (Å²) in [6.07, 6.45) is 3.64. The molecule has 1 atom stereocenters. The third-order valence-electron chi connectivity index (χ3n) is 3.50. The van der Waals surface area contributed by atoms with E-state index in [9.17, 15) is 4.79 Å². The van der Waals surface area contributed by atoms with E-state index in [1.807, 2.05) is 24.3 Å². The molecule has 1 saturated carbocycles. The smallest absolute Gasteiger partial charge is 0.234 e. The first-order valence-corrected chi connectivity index (χ1v) is 6.78. The first kappa shape index (κ1) is 13.4. The summed E-state index contributed by atoms with van der Waals surface area (Å²) in [5.41, 5.74) is 1.15. The number of halogens is 1. The van der Waals surface area contributed by atoms with Crippen molar-refractivity contribution < 1.29 is 4.79 Å². The number of hydrogen-bond donors (Lipinski definition) is 2. The average molecular weight is 267 g/mol. The summed E-state index contributed by atoms with van der Waals surface area (Å²) in [4.78, 5) is 11.7. The monoisotopic (exact) mass is 266 g/mol. The van der Waals surface area contributed by atoms with Crippen LogP contribution in [0.2, 0.25) is 5.02 Å². The van der Waals surface area contributed by atoms with E-state index in [1.54, 1.807) is 7.05 Å². The maximum absolute atomic E-state index is 11.7. The zero-order valence-corrected chi connectivity index (χ0v) is 11.3. The molecule has 0 heterocycles. The van der Waals surface area contributed by atoms with Gasteiger partial charge in [-0.15, -0.1) is 0 Å². The molecule has 98 valence electrons. The van der Waals surface area contributed by atoms with Gasteiger partial charge in [0.15, 0.2) is 0 Å². The molecule has 2 N–H and O–H groups in total. The quantitative estimate of drug-likeness (QED) is 0.860. The lowest BCUT2D eigenvalue weighted by atomic mass is 9.77. The Morgan fingerprint density at radius 1 is 1.39 bits per heavy atom. The minimum absolute atomic E-state index is 0.0457. The zero-order chi connectivity index (χ0) is 13.0. The Balaban J connectivity index is 2.09. The van der Waals surface area contributed by atoms with Gasteiger partial charge in [-0.2, -0.15) is 0 Å². The lowest BCUT2D eigenvalue weighted by Gasteiger charge is -2.34. The molecule has 1 aromatic carbocycles. The van der Waals surface area contributed by atoms with Gasteiger partial charge in [-0.3, -0.25) is 4.79 Å². The Morgan fingerprint density at radius 2 is 2.06 bits per heavy atom. The average Bonchev–Trinajstić information content (AvgIpc) is 2.27. The van der Waals surface area contributed by atoms with Crippen molar-refractivity contribution in [3.8, 4) is 0 Å². The van der Waals surface area contributed by atoms with Gasteiger partial charge in [0.2, 0.25) is 5.91 Å². The number of benzene rings is 1. The SMILES string of the molecule is CNCC(=O)NC(c1ccc(Cl)cc1)C1CCC1. The zero-order valence-electron chi connectivity index (χ0n) is 10.6. The fraction of sp³-hybridized carbons (Fsp3) is 0.500. The molecular formula is C14H19ClN2O. The second-order valence-corrected chi connectivity index (χ2v) is 5.25. The Hall–Kier alpha value is -1.06. The number of nitrogens with one attached hydrogen (secondary N) is 2. The third kappa shape index (κ3) is 3.24. The fourth-order valence-electron chi connectivity index (χ4n) is 2.30. The van der Waals surface area contributed by atoms with Crippen LogP contribution in [0.15, 0.2) is 24.3 Å². The van der Waals surface area contributed by atoms with Gasteiger partial charge in [-0.1, -0.05) is 30.2 Å². The van der Waals surface area contributed by atoms with Crippen LogP contribution in [0.3, 0.4) is 0 Å². The third-order valence-corrected chi connectivity index (χ3v) is 3.76. The first-order chi connectivity index (χ1) is 8.70. The number of carbonyl (C=O) groups is 1. The van der Waals surface area contributed by atoms with Crippen LogP contribution >= 0.6 is 11.6 Å². The lowest BCUT2D eigenvalue weighted by Crippen LogP contribution is -2.40. The lowest BCUT2D eigenvalue weighted by molar-refractivity contribution is -0.121. The highest BCUT2D eigenvalue weighted by molar-refractivity contribution is 6.30. The maximum atomic E-state index is 11.7. The largest absolute Gasteiger partial charge is 0.348 e. The molecule has 0 saturated heterocycles. The molecule has 18 heavy (non-hydrogen) atoms. The molecule has 0 bridgehead atoms. The minimum Gasteiger partial charge on any atom is -0.348 e. The van der Waals surface area contributed by atoms with E-state index in [2.05, 4.69) is 10.6 Å². The fourth-order valence-corrected chi connectivity index (χ4v) is 2.43. The molecule has 2 rings (SSSR count). The highest BCUT2D eigenvalue weighted by atomic mass is 35.5. The summed E-state index contributed by atoms with van der Waals surface area (Å²) in [7, 11) is 1.78. The summed E-state index contributed by atoms with van der Waals surface area (Å²) in [5, 5.41) is 6.72. The molecule has 1 aromatic rings. The summed E-state index contributed by atoms with van der Waals surface area (Å²) < 4.78 is 0. The summed E-state index contributed by atoms with van der Waals surface area (Å²) >= 11 is 5.90. The van der Waals surface area contributed by atoms with Crippen molar-refractivity contribution in [2.24, 2.45) is 5.92 Å². The number of carbonyl (C=O) groups excluding carboxylic acids is 1. The van der Waals surface area contributed by atoms with Gasteiger partial charge in [0.1, 0.15) is 0 Å². The number of likely N-dealkylation sites (N-methyl/N-ethyl adjacent to an activating group) is 1. The van der Waals surface area contributed by atoms with Gasteiger partial charge in [-0.25, -0.2) is 0 Å². The van der Waals surface area contributed by atoms with Crippen molar-refractivity contribution in [3.63, 3.8) is 0 Å². The summed E-state index contributed by atoms with van der Waals surface area (Å²) in [6.45, 7) is 0.358. The molecule has 1 unspecified atom stereocenters. The van der Waals surface area contributed by atoms with E-state index in [0.29, 0.717) is 12.5 Å². The van der Waals surface area contributed by atoms with Crippen molar-refractivity contribution in [2.75, 3.05) is 13.6 Å². The van der Waals surface area contributed by atoms with E-state index in [1.165, 1.54) is 19.3 Å². The molecule has 0 aliphatic heterocycles. The van der Waals surface area contributed by atoms with E-state index in [-0.39, 0.29) is 11.9 Å². The number of hydrogen-bond acceptors (Lipinski definition) is 2. The molecular weight excluding hydrogens is 248 g/mol. The van der Waals surface area contributed by atoms with Crippen LogP contribution in [0.5, 0.6) is 0 Å². The predicted octanol–water partition coefficient (Wildman–Crippen LogP) is 2.52. The number of amides is 1. The van der Waals surface area contributed by atoms with Gasteiger partial charge in [0, 0.05) is 5.02 Å². The molecule has 0 aromatic heterocycles. The van der Waals surface area contributed by atoms with Crippen LogP contribution in [0.4, 0.5) is 0 Å². The van der Waals surface area contributed by atoms with Crippen molar-refractivity contribution in [2.45, 2.75) is 25.3 Å².